The van der Waals surface area contributed by atoms with Crippen LogP contribution in [0, 0.1) is 5.92 Å². The van der Waals surface area contributed by atoms with Gasteiger partial charge in [0.1, 0.15) is 0 Å². The SMILES string of the molecule is CC(C)(C(=O)NNC(=O)C1CC1)c1ccccn1. The summed E-state index contributed by atoms with van der Waals surface area (Å²) in [6.07, 6.45) is 3.46. The second-order valence-electron chi connectivity index (χ2n) is 5.06. The summed E-state index contributed by atoms with van der Waals surface area (Å²) < 4.78 is 0. The van der Waals surface area contributed by atoms with Crippen LogP contribution in [0.5, 0.6) is 0 Å². The molecule has 1 aliphatic rings. The fraction of sp³-hybridized carbons (Fsp3) is 0.462. The molecule has 0 radical (unpaired) electrons. The second kappa shape index (κ2) is 4.76. The summed E-state index contributed by atoms with van der Waals surface area (Å²) in [5.74, 6) is -0.307. The van der Waals surface area contributed by atoms with E-state index in [2.05, 4.69) is 15.8 Å². The number of nitrogens with zero attached hydrogens (tertiary/aromatic N) is 1. The molecule has 0 saturated heterocycles. The van der Waals surface area contributed by atoms with Gasteiger partial charge < -0.3 is 0 Å². The quantitative estimate of drug-likeness (QED) is 0.780. The molecule has 0 spiro atoms. The van der Waals surface area contributed by atoms with Crippen LogP contribution in [0.1, 0.15) is 32.4 Å². The molecule has 2 rings (SSSR count). The molecule has 1 heterocycles. The average Bonchev–Trinajstić information content (AvgIpc) is 3.20. The Bertz CT molecular complexity index is 453. The number of pyridine rings is 1. The Labute approximate surface area is 106 Å². The lowest BCUT2D eigenvalue weighted by molar-refractivity contribution is -0.132. The molecule has 0 unspecified atom stereocenters. The van der Waals surface area contributed by atoms with Crippen LogP contribution in [0.2, 0.25) is 0 Å². The molecule has 1 aliphatic carbocycles. The van der Waals surface area contributed by atoms with Gasteiger partial charge in [-0.15, -0.1) is 0 Å². The standard InChI is InChI=1S/C13H17N3O2/c1-13(2,10-5-3-4-8-14-10)12(18)16-15-11(17)9-6-7-9/h3-5,8-9H,6-7H2,1-2H3,(H,15,17)(H,16,18). The minimum Gasteiger partial charge on any atom is -0.273 e. The Morgan fingerprint density at radius 3 is 2.56 bits per heavy atom. The molecule has 0 aromatic carbocycles. The van der Waals surface area contributed by atoms with E-state index in [1.807, 2.05) is 6.07 Å². The van der Waals surface area contributed by atoms with E-state index in [1.54, 1.807) is 32.2 Å². The van der Waals surface area contributed by atoms with Crippen molar-refractivity contribution >= 4 is 11.8 Å². The van der Waals surface area contributed by atoms with E-state index in [-0.39, 0.29) is 17.7 Å². The molecular weight excluding hydrogens is 230 g/mol. The van der Waals surface area contributed by atoms with E-state index in [9.17, 15) is 9.59 Å². The first kappa shape index (κ1) is 12.5. The Hall–Kier alpha value is -1.91. The lowest BCUT2D eigenvalue weighted by atomic mass is 9.88. The topological polar surface area (TPSA) is 71.1 Å². The Morgan fingerprint density at radius 1 is 1.28 bits per heavy atom. The van der Waals surface area contributed by atoms with Crippen LogP contribution in [0.4, 0.5) is 0 Å². The van der Waals surface area contributed by atoms with Crippen LogP contribution in [-0.4, -0.2) is 16.8 Å². The van der Waals surface area contributed by atoms with Gasteiger partial charge in [0.15, 0.2) is 0 Å². The molecule has 1 saturated carbocycles. The van der Waals surface area contributed by atoms with Crippen molar-refractivity contribution in [3.05, 3.63) is 30.1 Å². The molecule has 5 nitrogen and oxygen atoms in total. The van der Waals surface area contributed by atoms with E-state index in [0.29, 0.717) is 5.69 Å². The molecule has 2 N–H and O–H groups in total. The van der Waals surface area contributed by atoms with Crippen molar-refractivity contribution < 1.29 is 9.59 Å². The molecule has 96 valence electrons. The molecule has 2 amide bonds. The molecule has 0 aliphatic heterocycles. The Kier molecular flexibility index (Phi) is 3.32. The zero-order chi connectivity index (χ0) is 13.2. The minimum absolute atomic E-state index is 0.0725. The van der Waals surface area contributed by atoms with Gasteiger partial charge in [0, 0.05) is 12.1 Å². The van der Waals surface area contributed by atoms with Crippen molar-refractivity contribution in [1.82, 2.24) is 15.8 Å². The largest absolute Gasteiger partial charge is 0.273 e. The number of hydrogen-bond donors (Lipinski definition) is 2. The normalized spacial score (nSPS) is 15.0. The Balaban J connectivity index is 1.96. The van der Waals surface area contributed by atoms with E-state index >= 15 is 0 Å². The number of rotatable bonds is 3. The predicted octanol–water partition coefficient (Wildman–Crippen LogP) is 0.917. The highest BCUT2D eigenvalue weighted by atomic mass is 16.2. The number of nitrogens with one attached hydrogen (secondary N) is 2. The van der Waals surface area contributed by atoms with E-state index < -0.39 is 5.41 Å². The summed E-state index contributed by atoms with van der Waals surface area (Å²) in [6.45, 7) is 3.54. The summed E-state index contributed by atoms with van der Waals surface area (Å²) >= 11 is 0. The molecule has 5 heteroatoms. The second-order valence-corrected chi connectivity index (χ2v) is 5.06. The van der Waals surface area contributed by atoms with Crippen molar-refractivity contribution in [2.24, 2.45) is 5.92 Å². The summed E-state index contributed by atoms with van der Waals surface area (Å²) in [5, 5.41) is 0. The van der Waals surface area contributed by atoms with Crippen molar-refractivity contribution in [2.45, 2.75) is 32.1 Å². The summed E-state index contributed by atoms with van der Waals surface area (Å²) in [6, 6.07) is 5.43. The van der Waals surface area contributed by atoms with Crippen molar-refractivity contribution in [1.29, 1.82) is 0 Å². The first-order chi connectivity index (χ1) is 8.51. The summed E-state index contributed by atoms with van der Waals surface area (Å²) in [5.41, 5.74) is 4.81. The number of aromatic nitrogens is 1. The number of hydrogen-bond acceptors (Lipinski definition) is 3. The van der Waals surface area contributed by atoms with Gasteiger partial charge in [0.25, 0.3) is 0 Å². The van der Waals surface area contributed by atoms with Crippen LogP contribution in [0.25, 0.3) is 0 Å². The number of hydrazine groups is 1. The Morgan fingerprint density at radius 2 is 2.00 bits per heavy atom. The third-order valence-electron chi connectivity index (χ3n) is 3.12. The van der Waals surface area contributed by atoms with Crippen molar-refractivity contribution in [3.8, 4) is 0 Å². The summed E-state index contributed by atoms with van der Waals surface area (Å²) in [7, 11) is 0. The third-order valence-corrected chi connectivity index (χ3v) is 3.12. The maximum Gasteiger partial charge on any atom is 0.250 e. The molecule has 1 aromatic heterocycles. The predicted molar refractivity (Wildman–Crippen MR) is 66.3 cm³/mol. The lowest BCUT2D eigenvalue weighted by Gasteiger charge is -2.22. The van der Waals surface area contributed by atoms with E-state index in [4.69, 9.17) is 0 Å². The maximum absolute atomic E-state index is 12.0. The monoisotopic (exact) mass is 247 g/mol. The van der Waals surface area contributed by atoms with Crippen LogP contribution >= 0.6 is 0 Å². The molecular formula is C13H17N3O2. The zero-order valence-electron chi connectivity index (χ0n) is 10.6. The smallest absolute Gasteiger partial charge is 0.250 e. The van der Waals surface area contributed by atoms with Gasteiger partial charge in [0.05, 0.1) is 11.1 Å². The highest BCUT2D eigenvalue weighted by Gasteiger charge is 2.33. The van der Waals surface area contributed by atoms with Crippen LogP contribution < -0.4 is 10.9 Å². The number of carbonyl (C=O) groups excluding carboxylic acids is 2. The van der Waals surface area contributed by atoms with Crippen LogP contribution in [0.3, 0.4) is 0 Å². The lowest BCUT2D eigenvalue weighted by Crippen LogP contribution is -2.49. The van der Waals surface area contributed by atoms with Crippen molar-refractivity contribution in [2.75, 3.05) is 0 Å². The van der Waals surface area contributed by atoms with E-state index in [0.717, 1.165) is 12.8 Å². The third kappa shape index (κ3) is 2.67. The fourth-order valence-corrected chi connectivity index (χ4v) is 1.57. The highest BCUT2D eigenvalue weighted by Crippen LogP contribution is 2.28. The van der Waals surface area contributed by atoms with Gasteiger partial charge in [-0.2, -0.15) is 0 Å². The molecule has 1 fully saturated rings. The van der Waals surface area contributed by atoms with Gasteiger partial charge in [-0.25, -0.2) is 0 Å². The highest BCUT2D eigenvalue weighted by molar-refractivity contribution is 5.89. The van der Waals surface area contributed by atoms with Gasteiger partial charge in [-0.3, -0.25) is 25.4 Å². The van der Waals surface area contributed by atoms with Crippen LogP contribution in [0.15, 0.2) is 24.4 Å². The number of carbonyl (C=O) groups is 2. The molecule has 1 aromatic rings. The fourth-order valence-electron chi connectivity index (χ4n) is 1.57. The molecule has 0 bridgehead atoms. The maximum atomic E-state index is 12.0. The summed E-state index contributed by atoms with van der Waals surface area (Å²) in [4.78, 5) is 27.7. The first-order valence-corrected chi connectivity index (χ1v) is 6.03. The van der Waals surface area contributed by atoms with Gasteiger partial charge in [-0.1, -0.05) is 6.07 Å². The average molecular weight is 247 g/mol. The van der Waals surface area contributed by atoms with E-state index in [1.165, 1.54) is 0 Å². The van der Waals surface area contributed by atoms with Crippen LogP contribution in [-0.2, 0) is 15.0 Å². The first-order valence-electron chi connectivity index (χ1n) is 6.03. The van der Waals surface area contributed by atoms with Gasteiger partial charge in [0.2, 0.25) is 11.8 Å². The molecule has 0 atom stereocenters. The minimum atomic E-state index is -0.780. The zero-order valence-corrected chi connectivity index (χ0v) is 10.6. The number of amides is 2. The van der Waals surface area contributed by atoms with Gasteiger partial charge >= 0.3 is 0 Å². The van der Waals surface area contributed by atoms with Gasteiger partial charge in [-0.05, 0) is 38.8 Å². The van der Waals surface area contributed by atoms with Crippen molar-refractivity contribution in [3.63, 3.8) is 0 Å². The molecule has 18 heavy (non-hydrogen) atoms.